The van der Waals surface area contributed by atoms with Crippen LogP contribution < -0.4 is 0 Å². The lowest BCUT2D eigenvalue weighted by atomic mass is 10.1. The Labute approximate surface area is 129 Å². The molecule has 1 aromatic heterocycles. The molecule has 1 heterocycles. The molecule has 0 unspecified atom stereocenters. The summed E-state index contributed by atoms with van der Waals surface area (Å²) in [6.45, 7) is 0. The Hall–Kier alpha value is -2.56. The molecule has 0 aliphatic heterocycles. The summed E-state index contributed by atoms with van der Waals surface area (Å²) in [4.78, 5) is 1.20. The zero-order valence-corrected chi connectivity index (χ0v) is 12.3. The molecule has 0 bridgehead atoms. The first-order valence-electron chi connectivity index (χ1n) is 6.79. The van der Waals surface area contributed by atoms with E-state index in [2.05, 4.69) is 47.6 Å². The molecule has 1 heteroatoms. The molecule has 0 spiro atoms. The minimum atomic E-state index is 1.04. The smallest absolute Gasteiger partial charge is 0.0427 e. The van der Waals surface area contributed by atoms with Gasteiger partial charge in [-0.15, -0.1) is 11.3 Å². The van der Waals surface area contributed by atoms with Gasteiger partial charge in [0.25, 0.3) is 0 Å². The number of thiophene rings is 1. The molecule has 0 fully saturated rings. The molecule has 2 aromatic carbocycles. The summed E-state index contributed by atoms with van der Waals surface area (Å²) in [5.41, 5.74) is 3.26. The molecule has 0 saturated carbocycles. The fourth-order valence-electron chi connectivity index (χ4n) is 1.98. The highest BCUT2D eigenvalue weighted by Crippen LogP contribution is 2.22. The quantitative estimate of drug-likeness (QED) is 0.558. The third kappa shape index (κ3) is 3.72. The van der Waals surface area contributed by atoms with Crippen molar-refractivity contribution in [2.45, 2.75) is 0 Å². The molecule has 0 N–H and O–H groups in total. The largest absolute Gasteiger partial charge is 0.143 e. The first kappa shape index (κ1) is 13.4. The van der Waals surface area contributed by atoms with E-state index >= 15 is 0 Å². The summed E-state index contributed by atoms with van der Waals surface area (Å²) in [6.07, 6.45) is 2.14. The SMILES string of the molecule is C(#Cc1ccccc1)/C(=C\c1ccccc1)c1cccs1. The molecule has 0 saturated heterocycles. The molecule has 0 aliphatic carbocycles. The molecule has 21 heavy (non-hydrogen) atoms. The minimum absolute atomic E-state index is 1.04. The van der Waals surface area contributed by atoms with Crippen LogP contribution >= 0.6 is 11.3 Å². The normalized spacial score (nSPS) is 10.8. The molecule has 3 aromatic rings. The maximum absolute atomic E-state index is 3.31. The molecule has 0 amide bonds. The van der Waals surface area contributed by atoms with Gasteiger partial charge in [-0.1, -0.05) is 66.4 Å². The maximum Gasteiger partial charge on any atom is 0.0427 e. The van der Waals surface area contributed by atoms with Gasteiger partial charge in [-0.2, -0.15) is 0 Å². The zero-order chi connectivity index (χ0) is 14.3. The Bertz CT molecular complexity index is 770. The van der Waals surface area contributed by atoms with Gasteiger partial charge in [0.2, 0.25) is 0 Å². The highest BCUT2D eigenvalue weighted by Gasteiger charge is 2.00. The van der Waals surface area contributed by atoms with Gasteiger partial charge >= 0.3 is 0 Å². The Morgan fingerprint density at radius 3 is 2.19 bits per heavy atom. The molecular weight excluding hydrogens is 272 g/mol. The average molecular weight is 286 g/mol. The summed E-state index contributed by atoms with van der Waals surface area (Å²) in [5, 5.41) is 2.08. The third-order valence-corrected chi connectivity index (χ3v) is 3.92. The van der Waals surface area contributed by atoms with Gasteiger partial charge in [0.15, 0.2) is 0 Å². The maximum atomic E-state index is 3.31. The van der Waals surface area contributed by atoms with Gasteiger partial charge in [0.1, 0.15) is 0 Å². The molecule has 100 valence electrons. The van der Waals surface area contributed by atoms with Crippen molar-refractivity contribution in [2.24, 2.45) is 0 Å². The Morgan fingerprint density at radius 2 is 1.52 bits per heavy atom. The number of rotatable bonds is 2. The fourth-order valence-corrected chi connectivity index (χ4v) is 2.68. The summed E-state index contributed by atoms with van der Waals surface area (Å²) in [7, 11) is 0. The van der Waals surface area contributed by atoms with E-state index in [9.17, 15) is 0 Å². The van der Waals surface area contributed by atoms with Gasteiger partial charge in [0.05, 0.1) is 0 Å². The number of benzene rings is 2. The van der Waals surface area contributed by atoms with E-state index < -0.39 is 0 Å². The van der Waals surface area contributed by atoms with Crippen LogP contribution in [0, 0.1) is 11.8 Å². The lowest BCUT2D eigenvalue weighted by Crippen LogP contribution is -1.78. The van der Waals surface area contributed by atoms with Crippen molar-refractivity contribution < 1.29 is 0 Å². The molecule has 3 rings (SSSR count). The van der Waals surface area contributed by atoms with Crippen LogP contribution in [0.15, 0.2) is 78.2 Å². The predicted octanol–water partition coefficient (Wildman–Crippen LogP) is 5.34. The van der Waals surface area contributed by atoms with Crippen LogP contribution in [0.25, 0.3) is 11.6 Å². The molecule has 0 atom stereocenters. The van der Waals surface area contributed by atoms with Gasteiger partial charge in [-0.05, 0) is 35.2 Å². The Balaban J connectivity index is 1.99. The van der Waals surface area contributed by atoms with E-state index in [0.29, 0.717) is 0 Å². The average Bonchev–Trinajstić information content (AvgIpc) is 3.08. The van der Waals surface area contributed by atoms with Crippen molar-refractivity contribution >= 4 is 23.0 Å². The van der Waals surface area contributed by atoms with E-state index in [4.69, 9.17) is 0 Å². The van der Waals surface area contributed by atoms with Crippen LogP contribution in [0.4, 0.5) is 0 Å². The fraction of sp³-hybridized carbons (Fsp3) is 0. The highest BCUT2D eigenvalue weighted by atomic mass is 32.1. The van der Waals surface area contributed by atoms with Crippen LogP contribution in [-0.4, -0.2) is 0 Å². The third-order valence-electron chi connectivity index (χ3n) is 3.01. The van der Waals surface area contributed by atoms with E-state index in [1.54, 1.807) is 11.3 Å². The number of hydrogen-bond acceptors (Lipinski definition) is 1. The van der Waals surface area contributed by atoms with Gasteiger partial charge in [-0.3, -0.25) is 0 Å². The van der Waals surface area contributed by atoms with E-state index in [1.165, 1.54) is 10.4 Å². The van der Waals surface area contributed by atoms with Crippen LogP contribution in [0.3, 0.4) is 0 Å². The minimum Gasteiger partial charge on any atom is -0.143 e. The topological polar surface area (TPSA) is 0 Å². The zero-order valence-electron chi connectivity index (χ0n) is 11.5. The first-order valence-corrected chi connectivity index (χ1v) is 7.67. The second-order valence-electron chi connectivity index (χ2n) is 4.56. The summed E-state index contributed by atoms with van der Waals surface area (Å²) in [6, 6.07) is 24.6. The Kier molecular flexibility index (Phi) is 4.31. The standard InChI is InChI=1S/C20H14S/c1-3-8-17(9-4-1)13-14-19(20-12-7-15-21-20)16-18-10-5-2-6-11-18/h1-12,15-16H/b19-16+. The molecule has 0 nitrogen and oxygen atoms in total. The van der Waals surface area contributed by atoms with Crippen LogP contribution in [-0.2, 0) is 0 Å². The lowest BCUT2D eigenvalue weighted by Gasteiger charge is -1.97. The summed E-state index contributed by atoms with van der Waals surface area (Å²) >= 11 is 1.71. The van der Waals surface area contributed by atoms with Gasteiger partial charge < -0.3 is 0 Å². The Morgan fingerprint density at radius 1 is 0.810 bits per heavy atom. The monoisotopic (exact) mass is 286 g/mol. The summed E-state index contributed by atoms with van der Waals surface area (Å²) in [5.74, 6) is 6.55. The second-order valence-corrected chi connectivity index (χ2v) is 5.51. The van der Waals surface area contributed by atoms with Crippen molar-refractivity contribution in [2.75, 3.05) is 0 Å². The van der Waals surface area contributed by atoms with E-state index in [0.717, 1.165) is 11.1 Å². The predicted molar refractivity (Wildman–Crippen MR) is 92.0 cm³/mol. The van der Waals surface area contributed by atoms with Crippen LogP contribution in [0.5, 0.6) is 0 Å². The van der Waals surface area contributed by atoms with E-state index in [1.807, 2.05) is 48.5 Å². The van der Waals surface area contributed by atoms with Gasteiger partial charge in [-0.25, -0.2) is 0 Å². The van der Waals surface area contributed by atoms with Crippen molar-refractivity contribution in [3.63, 3.8) is 0 Å². The number of allylic oxidation sites excluding steroid dienone is 1. The first-order chi connectivity index (χ1) is 10.4. The second kappa shape index (κ2) is 6.74. The van der Waals surface area contributed by atoms with Crippen molar-refractivity contribution in [1.82, 2.24) is 0 Å². The van der Waals surface area contributed by atoms with Crippen LogP contribution in [0.1, 0.15) is 16.0 Å². The van der Waals surface area contributed by atoms with E-state index in [-0.39, 0.29) is 0 Å². The van der Waals surface area contributed by atoms with Crippen LogP contribution in [0.2, 0.25) is 0 Å². The van der Waals surface area contributed by atoms with Gasteiger partial charge in [0, 0.05) is 16.0 Å². The molecule has 0 radical (unpaired) electrons. The highest BCUT2D eigenvalue weighted by molar-refractivity contribution is 7.11. The van der Waals surface area contributed by atoms with Crippen molar-refractivity contribution in [3.05, 3.63) is 94.2 Å². The number of hydrogen-bond donors (Lipinski definition) is 0. The molecular formula is C20H14S. The van der Waals surface area contributed by atoms with Crippen molar-refractivity contribution in [3.8, 4) is 11.8 Å². The molecule has 0 aliphatic rings. The van der Waals surface area contributed by atoms with Crippen molar-refractivity contribution in [1.29, 1.82) is 0 Å². The summed E-state index contributed by atoms with van der Waals surface area (Å²) < 4.78 is 0. The lowest BCUT2D eigenvalue weighted by molar-refractivity contribution is 1.65.